The van der Waals surface area contributed by atoms with Gasteiger partial charge in [0.25, 0.3) is 0 Å². The van der Waals surface area contributed by atoms with Crippen LogP contribution in [0, 0.1) is 0 Å². The van der Waals surface area contributed by atoms with Crippen molar-refractivity contribution in [1.82, 2.24) is 21.3 Å². The minimum Gasteiger partial charge on any atom is -0.463 e. The smallest absolute Gasteiger partial charge is 0.303 e. The second-order valence-corrected chi connectivity index (χ2v) is 12.9. The van der Waals surface area contributed by atoms with Crippen LogP contribution >= 0.6 is 0 Å². The highest BCUT2D eigenvalue weighted by molar-refractivity contribution is 5.88. The normalized spacial score (nSPS) is 19.7. The number of ether oxygens (including phenoxy) is 5. The molecule has 2 rings (SSSR count). The van der Waals surface area contributed by atoms with Crippen LogP contribution in [-0.2, 0) is 63.7 Å². The predicted octanol–water partition coefficient (Wildman–Crippen LogP) is 1.93. The summed E-state index contributed by atoms with van der Waals surface area (Å²) in [7, 11) is 0. The van der Waals surface area contributed by atoms with Crippen LogP contribution in [0.2, 0.25) is 0 Å². The van der Waals surface area contributed by atoms with E-state index in [0.717, 1.165) is 38.2 Å². The molecular formula is C38H56N4O12. The highest BCUT2D eigenvalue weighted by atomic mass is 16.7. The molecule has 0 radical (unpaired) electrons. The Hall–Kier alpha value is -4.83. The van der Waals surface area contributed by atoms with E-state index >= 15 is 0 Å². The lowest BCUT2D eigenvalue weighted by atomic mass is 9.96. The van der Waals surface area contributed by atoms with Gasteiger partial charge in [0.15, 0.2) is 18.5 Å². The van der Waals surface area contributed by atoms with Gasteiger partial charge in [0, 0.05) is 60.2 Å². The summed E-state index contributed by atoms with van der Waals surface area (Å²) in [5, 5.41) is 11.2. The van der Waals surface area contributed by atoms with Crippen molar-refractivity contribution in [3.05, 3.63) is 48.6 Å². The van der Waals surface area contributed by atoms with Gasteiger partial charge in [-0.15, -0.1) is 0 Å². The Morgan fingerprint density at radius 3 is 2.06 bits per heavy atom. The van der Waals surface area contributed by atoms with Gasteiger partial charge in [-0.3, -0.25) is 33.6 Å². The summed E-state index contributed by atoms with van der Waals surface area (Å²) < 4.78 is 28.0. The van der Waals surface area contributed by atoms with Gasteiger partial charge in [-0.2, -0.15) is 0 Å². The maximum atomic E-state index is 13.2. The molecule has 0 aromatic heterocycles. The van der Waals surface area contributed by atoms with Crippen molar-refractivity contribution in [2.75, 3.05) is 26.3 Å². The summed E-state index contributed by atoms with van der Waals surface area (Å²) in [6.45, 7) is 8.98. The highest BCUT2D eigenvalue weighted by Gasteiger charge is 2.51. The number of rotatable bonds is 24. The number of amides is 4. The van der Waals surface area contributed by atoms with E-state index < -0.39 is 60.5 Å². The largest absolute Gasteiger partial charge is 0.463 e. The molecule has 300 valence electrons. The Balaban J connectivity index is 1.88. The molecule has 3 unspecified atom stereocenters. The monoisotopic (exact) mass is 760 g/mol. The number of hydrogen-bond donors (Lipinski definition) is 4. The van der Waals surface area contributed by atoms with E-state index in [1.807, 2.05) is 30.3 Å². The van der Waals surface area contributed by atoms with Gasteiger partial charge in [0.1, 0.15) is 24.8 Å². The van der Waals surface area contributed by atoms with Crippen LogP contribution in [0.3, 0.4) is 0 Å². The summed E-state index contributed by atoms with van der Waals surface area (Å²) in [4.78, 5) is 84.8. The molecule has 6 atom stereocenters. The second kappa shape index (κ2) is 25.2. The zero-order valence-corrected chi connectivity index (χ0v) is 31.7. The first-order valence-electron chi connectivity index (χ1n) is 18.3. The zero-order chi connectivity index (χ0) is 39.9. The third-order valence-corrected chi connectivity index (χ3v) is 8.22. The van der Waals surface area contributed by atoms with Gasteiger partial charge in [-0.25, -0.2) is 0 Å². The maximum absolute atomic E-state index is 13.2. The van der Waals surface area contributed by atoms with Crippen molar-refractivity contribution in [2.24, 2.45) is 0 Å². The maximum Gasteiger partial charge on any atom is 0.303 e. The van der Waals surface area contributed by atoms with Gasteiger partial charge in [0.05, 0.1) is 0 Å². The fourth-order valence-corrected chi connectivity index (χ4v) is 5.74. The molecule has 1 aliphatic rings. The van der Waals surface area contributed by atoms with Crippen LogP contribution in [-0.4, -0.2) is 105 Å². The summed E-state index contributed by atoms with van der Waals surface area (Å²) in [5.41, 5.74) is 0.914. The molecular weight excluding hydrogens is 704 g/mol. The lowest BCUT2D eigenvalue weighted by molar-refractivity contribution is -0.277. The third kappa shape index (κ3) is 18.3. The quantitative estimate of drug-likeness (QED) is 0.0515. The Labute approximate surface area is 316 Å². The van der Waals surface area contributed by atoms with E-state index in [1.54, 1.807) is 0 Å². The Bertz CT molecular complexity index is 1390. The van der Waals surface area contributed by atoms with Crippen LogP contribution in [0.4, 0.5) is 0 Å². The van der Waals surface area contributed by atoms with Gasteiger partial charge in [-0.1, -0.05) is 56.2 Å². The molecule has 1 fully saturated rings. The first-order valence-corrected chi connectivity index (χ1v) is 18.3. The topological polar surface area (TPSA) is 214 Å². The molecule has 4 N–H and O–H groups in total. The molecule has 54 heavy (non-hydrogen) atoms. The summed E-state index contributed by atoms with van der Waals surface area (Å²) >= 11 is 0. The van der Waals surface area contributed by atoms with Gasteiger partial charge in [-0.05, 0) is 37.3 Å². The molecule has 0 saturated carbocycles. The number of carbonyl (C=O) groups excluding carboxylic acids is 7. The lowest BCUT2D eigenvalue weighted by Gasteiger charge is -2.44. The SMILES string of the molecule is C=CC(=O)NCCCCCC(=O)N[C@@H](Cc1ccccc1)C(=O)NCCCCCCO[C@@H]1OC(COC(C)=O)[C@@H](OC(C)=O)C(OC(C)=O)C1NC(C)=O. The fraction of sp³-hybridized carbons (Fsp3) is 0.605. The molecule has 1 aromatic carbocycles. The van der Waals surface area contributed by atoms with E-state index in [1.165, 1.54) is 26.8 Å². The molecule has 0 bridgehead atoms. The van der Waals surface area contributed by atoms with Crippen LogP contribution in [0.25, 0.3) is 0 Å². The van der Waals surface area contributed by atoms with E-state index in [4.69, 9.17) is 23.7 Å². The average molecular weight is 761 g/mol. The Kier molecular flexibility index (Phi) is 21.2. The van der Waals surface area contributed by atoms with Crippen LogP contribution < -0.4 is 21.3 Å². The van der Waals surface area contributed by atoms with Crippen LogP contribution in [0.15, 0.2) is 43.0 Å². The van der Waals surface area contributed by atoms with E-state index in [0.29, 0.717) is 38.8 Å². The predicted molar refractivity (Wildman–Crippen MR) is 195 cm³/mol. The Morgan fingerprint density at radius 2 is 1.43 bits per heavy atom. The Morgan fingerprint density at radius 1 is 0.796 bits per heavy atom. The summed E-state index contributed by atoms with van der Waals surface area (Å²) in [6.07, 6.45) is 2.02. The third-order valence-electron chi connectivity index (χ3n) is 8.22. The van der Waals surface area contributed by atoms with Crippen LogP contribution in [0.1, 0.15) is 84.6 Å². The summed E-state index contributed by atoms with van der Waals surface area (Å²) in [6, 6.07) is 7.65. The van der Waals surface area contributed by atoms with Crippen molar-refractivity contribution in [2.45, 2.75) is 122 Å². The molecule has 1 saturated heterocycles. The van der Waals surface area contributed by atoms with Crippen molar-refractivity contribution in [3.63, 3.8) is 0 Å². The van der Waals surface area contributed by atoms with E-state index in [-0.39, 0.29) is 37.4 Å². The van der Waals surface area contributed by atoms with Crippen LogP contribution in [0.5, 0.6) is 0 Å². The van der Waals surface area contributed by atoms with Gasteiger partial charge >= 0.3 is 17.9 Å². The summed E-state index contributed by atoms with van der Waals surface area (Å²) in [5.74, 6) is -3.19. The van der Waals surface area contributed by atoms with Crippen molar-refractivity contribution in [3.8, 4) is 0 Å². The number of unbranched alkanes of at least 4 members (excludes halogenated alkanes) is 5. The molecule has 1 heterocycles. The molecule has 4 amide bonds. The average Bonchev–Trinajstić information content (AvgIpc) is 3.11. The van der Waals surface area contributed by atoms with Gasteiger partial charge in [0.2, 0.25) is 23.6 Å². The lowest BCUT2D eigenvalue weighted by Crippen LogP contribution is -2.66. The van der Waals surface area contributed by atoms with Crippen molar-refractivity contribution >= 4 is 41.5 Å². The number of esters is 3. The number of hydrogen-bond acceptors (Lipinski definition) is 12. The molecule has 0 aliphatic carbocycles. The molecule has 0 spiro atoms. The molecule has 1 aliphatic heterocycles. The number of nitrogens with one attached hydrogen (secondary N) is 4. The van der Waals surface area contributed by atoms with Crippen molar-refractivity contribution in [1.29, 1.82) is 0 Å². The first kappa shape index (κ1) is 45.3. The van der Waals surface area contributed by atoms with Crippen molar-refractivity contribution < 1.29 is 57.2 Å². The minimum absolute atomic E-state index is 0.188. The number of benzene rings is 1. The van der Waals surface area contributed by atoms with E-state index in [9.17, 15) is 33.6 Å². The van der Waals surface area contributed by atoms with E-state index in [2.05, 4.69) is 27.8 Å². The molecule has 1 aromatic rings. The standard InChI is InChI=1S/C38H56N4O12/c1-6-32(47)39-20-15-10-13-19-33(48)42-30(23-29-17-11-9-12-18-29)37(49)40-21-14-7-8-16-22-50-38-34(41-25(2)43)36(53-28(5)46)35(52-27(4)45)31(54-38)24-51-26(3)44/h6,9,11-12,17-18,30-31,34-36,38H,1,7-8,10,13-16,19-24H2,2-5H3,(H,39,47)(H,40,49)(H,41,43)(H,42,48)/t30-,31?,34?,35+,36?,38+/m0/s1. The van der Waals surface area contributed by atoms with Gasteiger partial charge < -0.3 is 45.0 Å². The first-order chi connectivity index (χ1) is 25.8. The fourth-order valence-electron chi connectivity index (χ4n) is 5.74. The molecule has 16 heteroatoms. The molecule has 16 nitrogen and oxygen atoms in total. The second-order valence-electron chi connectivity index (χ2n) is 12.9. The highest BCUT2D eigenvalue weighted by Crippen LogP contribution is 2.28. The minimum atomic E-state index is -1.20. The zero-order valence-electron chi connectivity index (χ0n) is 31.7. The number of carbonyl (C=O) groups is 7.